The largest absolute Gasteiger partial charge is 0.507 e. The number of phenolic OH excluding ortho intramolecular Hbond substituents is 1. The summed E-state index contributed by atoms with van der Waals surface area (Å²) >= 11 is 0. The van der Waals surface area contributed by atoms with E-state index in [1.54, 1.807) is 25.1 Å². The van der Waals surface area contributed by atoms with Crippen molar-refractivity contribution in [3.63, 3.8) is 0 Å². The molecule has 3 aliphatic rings. The number of aliphatic hydroxyl groups is 1. The van der Waals surface area contributed by atoms with E-state index in [2.05, 4.69) is 5.32 Å². The van der Waals surface area contributed by atoms with Crippen LogP contribution in [0.5, 0.6) is 5.75 Å². The Morgan fingerprint density at radius 1 is 1.17 bits per heavy atom. The number of rotatable bonds is 7. The summed E-state index contributed by atoms with van der Waals surface area (Å²) in [5.74, 6) is -11.7. The first-order valence-corrected chi connectivity index (χ1v) is 13.5. The fourth-order valence-corrected chi connectivity index (χ4v) is 6.94. The molecule has 1 aromatic rings. The lowest BCUT2D eigenvalue weighted by Crippen LogP contribution is -2.74. The Balaban J connectivity index is 1.79. The monoisotopic (exact) mass is 596 g/mol. The van der Waals surface area contributed by atoms with Crippen LogP contribution in [0.25, 0.3) is 0 Å². The van der Waals surface area contributed by atoms with Crippen molar-refractivity contribution in [2.45, 2.75) is 56.6 Å². The number of hydrogen-bond acceptors (Lipinski definition) is 10. The van der Waals surface area contributed by atoms with Crippen molar-refractivity contribution in [2.24, 2.45) is 29.4 Å². The number of carbonyl (C=O) groups is 5. The van der Waals surface area contributed by atoms with Gasteiger partial charge >= 0.3 is 6.18 Å². The van der Waals surface area contributed by atoms with Gasteiger partial charge in [-0.2, -0.15) is 13.2 Å². The average molecular weight is 597 g/mol. The van der Waals surface area contributed by atoms with Gasteiger partial charge in [0.05, 0.1) is 23.9 Å². The van der Waals surface area contributed by atoms with Crippen LogP contribution in [0.1, 0.15) is 41.3 Å². The maximum atomic E-state index is 14.0. The zero-order valence-electron chi connectivity index (χ0n) is 23.9. The summed E-state index contributed by atoms with van der Waals surface area (Å²) in [6, 6.07) is -0.651. The Labute approximate surface area is 240 Å². The summed E-state index contributed by atoms with van der Waals surface area (Å²) in [4.78, 5) is 69.7. The summed E-state index contributed by atoms with van der Waals surface area (Å²) in [6.07, 6.45) is -5.54. The minimum atomic E-state index is -4.41. The van der Waals surface area contributed by atoms with E-state index < -0.39 is 88.7 Å². The van der Waals surface area contributed by atoms with Gasteiger partial charge in [-0.05, 0) is 51.4 Å². The van der Waals surface area contributed by atoms with E-state index in [4.69, 9.17) is 5.73 Å². The van der Waals surface area contributed by atoms with Crippen molar-refractivity contribution in [3.8, 4) is 5.75 Å². The van der Waals surface area contributed by atoms with Crippen LogP contribution in [-0.2, 0) is 32.1 Å². The van der Waals surface area contributed by atoms with Gasteiger partial charge in [0, 0.05) is 43.9 Å². The molecule has 1 amide bonds. The lowest BCUT2D eigenvalue weighted by Gasteiger charge is -2.52. The molecule has 7 atom stereocenters. The van der Waals surface area contributed by atoms with Crippen molar-refractivity contribution in [1.82, 2.24) is 10.2 Å². The molecule has 230 valence electrons. The summed E-state index contributed by atoms with van der Waals surface area (Å²) < 4.78 is 38.5. The molecule has 2 saturated carbocycles. The Kier molecular flexibility index (Phi) is 8.06. The number of likely N-dealkylation sites (N-methyl/N-ethyl adjacent to an activating group) is 1. The number of phenols is 1. The molecule has 0 radical (unpaired) electrons. The average Bonchev–Trinajstić information content (AvgIpc) is 2.84. The fourth-order valence-electron chi connectivity index (χ4n) is 6.94. The number of halogens is 3. The van der Waals surface area contributed by atoms with E-state index in [0.29, 0.717) is 11.3 Å². The number of hydrogen-bond donors (Lipinski definition) is 4. The summed E-state index contributed by atoms with van der Waals surface area (Å²) in [6.45, 7) is 1.11. The number of nitrogens with zero attached hydrogens (tertiary/aromatic N) is 2. The van der Waals surface area contributed by atoms with Crippen molar-refractivity contribution >= 4 is 34.7 Å². The van der Waals surface area contributed by atoms with Crippen LogP contribution in [0.2, 0.25) is 0 Å². The van der Waals surface area contributed by atoms with Gasteiger partial charge in [0.25, 0.3) is 0 Å². The summed E-state index contributed by atoms with van der Waals surface area (Å²) in [5.41, 5.74) is 3.29. The van der Waals surface area contributed by atoms with Crippen LogP contribution in [-0.4, -0.2) is 96.2 Å². The molecule has 11 nitrogen and oxygen atoms in total. The van der Waals surface area contributed by atoms with Gasteiger partial charge in [-0.25, -0.2) is 0 Å². The highest BCUT2D eigenvalue weighted by molar-refractivity contribution is 6.32. The molecule has 0 bridgehead atoms. The Bertz CT molecular complexity index is 1360. The van der Waals surface area contributed by atoms with Crippen molar-refractivity contribution in [1.29, 1.82) is 0 Å². The van der Waals surface area contributed by atoms with Crippen LogP contribution >= 0.6 is 0 Å². The molecule has 4 rings (SSSR count). The molecule has 5 N–H and O–H groups in total. The number of nitrogens with one attached hydrogen (secondary N) is 1. The fraction of sp³-hybridized carbons (Fsp3) is 0.607. The summed E-state index contributed by atoms with van der Waals surface area (Å²) in [5, 5.41) is 25.6. The molecule has 42 heavy (non-hydrogen) atoms. The van der Waals surface area contributed by atoms with E-state index in [9.17, 15) is 47.4 Å². The van der Waals surface area contributed by atoms with Gasteiger partial charge in [-0.1, -0.05) is 0 Å². The highest BCUT2D eigenvalue weighted by atomic mass is 19.4. The van der Waals surface area contributed by atoms with Crippen LogP contribution < -0.4 is 16.0 Å². The highest BCUT2D eigenvalue weighted by Crippen LogP contribution is 2.52. The quantitative estimate of drug-likeness (QED) is 0.323. The normalized spacial score (nSPS) is 30.1. The first kappa shape index (κ1) is 31.6. The lowest BCUT2D eigenvalue weighted by atomic mass is 9.52. The molecule has 3 unspecified atom stereocenters. The molecule has 0 saturated heterocycles. The number of benzene rings is 1. The third-order valence-corrected chi connectivity index (χ3v) is 8.78. The number of aromatic hydroxyl groups is 1. The van der Waals surface area contributed by atoms with Gasteiger partial charge in [0.1, 0.15) is 5.75 Å². The van der Waals surface area contributed by atoms with Crippen LogP contribution in [0.15, 0.2) is 6.07 Å². The second kappa shape index (κ2) is 10.7. The lowest BCUT2D eigenvalue weighted by molar-refractivity contribution is -0.181. The molecule has 2 fully saturated rings. The number of anilines is 1. The number of nitrogens with two attached hydrogens (primary N) is 1. The molecule has 0 heterocycles. The van der Waals surface area contributed by atoms with Crippen molar-refractivity contribution in [2.75, 3.05) is 33.1 Å². The molecule has 0 aliphatic heterocycles. The predicted octanol–water partition coefficient (Wildman–Crippen LogP) is 0.364. The number of primary amides is 1. The molecule has 0 aromatic heterocycles. The van der Waals surface area contributed by atoms with Gasteiger partial charge in [0.2, 0.25) is 5.91 Å². The van der Waals surface area contributed by atoms with Crippen molar-refractivity contribution < 1.29 is 47.4 Å². The SMILES string of the molecule is CC(CC(F)(F)F)NCc1cc(N(C)C)c2c(c1O)C(=O)C1C(=O)[C@]3(O)C(=O)C(C(N)=O)C(=O)[C@@H](N(C)C)[C@@H]3C[C@@H]1C2. The van der Waals surface area contributed by atoms with E-state index >= 15 is 0 Å². The molecule has 0 spiro atoms. The third kappa shape index (κ3) is 4.98. The van der Waals surface area contributed by atoms with E-state index in [-0.39, 0.29) is 30.5 Å². The second-order valence-corrected chi connectivity index (χ2v) is 12.0. The van der Waals surface area contributed by atoms with Gasteiger partial charge in [0.15, 0.2) is 34.7 Å². The molecule has 3 aliphatic carbocycles. The number of Topliss-reactive ketones (excluding diaryl/α,β-unsaturated/α-hetero) is 4. The number of amides is 1. The van der Waals surface area contributed by atoms with E-state index in [0.717, 1.165) is 0 Å². The standard InChI is InChI=1S/C28H35F3N4O7/c1-11(9-27(29,30)31)33-10-13-8-16(34(2)3)14-6-12-7-15-20(35(4)5)23(38)19(26(32)41)25(40)28(15,42)24(39)17(12)22(37)18(14)21(13)36/h8,11-12,15,17,19-20,33,36,42H,6-7,9-10H2,1-5H3,(H2,32,41)/t11?,12-,15-,17?,19?,20-,28-/m0/s1. The molecular formula is C28H35F3N4O7. The predicted molar refractivity (Wildman–Crippen MR) is 143 cm³/mol. The topological polar surface area (TPSA) is 170 Å². The third-order valence-electron chi connectivity index (χ3n) is 8.78. The van der Waals surface area contributed by atoms with Crippen LogP contribution in [0.4, 0.5) is 18.9 Å². The number of fused-ring (bicyclic) bond motifs is 3. The Morgan fingerprint density at radius 3 is 2.31 bits per heavy atom. The zero-order chi connectivity index (χ0) is 31.6. The van der Waals surface area contributed by atoms with Crippen molar-refractivity contribution in [3.05, 3.63) is 22.8 Å². The van der Waals surface area contributed by atoms with E-state index in [1.165, 1.54) is 25.9 Å². The van der Waals surface area contributed by atoms with E-state index in [1.807, 2.05) is 0 Å². The first-order chi connectivity index (χ1) is 19.3. The Hall–Kier alpha value is -3.36. The van der Waals surface area contributed by atoms with Gasteiger partial charge in [-0.15, -0.1) is 0 Å². The van der Waals surface area contributed by atoms with Gasteiger partial charge < -0.3 is 26.2 Å². The number of carbonyl (C=O) groups excluding carboxylic acids is 5. The maximum absolute atomic E-state index is 14.0. The second-order valence-electron chi connectivity index (χ2n) is 12.0. The van der Waals surface area contributed by atoms with Gasteiger partial charge in [-0.3, -0.25) is 28.9 Å². The minimum absolute atomic E-state index is 0.0745. The van der Waals surface area contributed by atoms with Crippen LogP contribution in [0.3, 0.4) is 0 Å². The highest BCUT2D eigenvalue weighted by Gasteiger charge is 2.69. The minimum Gasteiger partial charge on any atom is -0.507 e. The zero-order valence-corrected chi connectivity index (χ0v) is 23.9. The summed E-state index contributed by atoms with van der Waals surface area (Å²) in [7, 11) is 6.37. The molecule has 1 aromatic carbocycles. The maximum Gasteiger partial charge on any atom is 0.390 e. The smallest absolute Gasteiger partial charge is 0.390 e. The Morgan fingerprint density at radius 2 is 1.79 bits per heavy atom. The molecular weight excluding hydrogens is 561 g/mol. The first-order valence-electron chi connectivity index (χ1n) is 13.5. The number of alkyl halides is 3. The molecule has 14 heteroatoms. The number of ketones is 4. The van der Waals surface area contributed by atoms with Crippen LogP contribution in [0, 0.1) is 23.7 Å².